The van der Waals surface area contributed by atoms with Crippen molar-refractivity contribution < 1.29 is 38.9 Å². The molecular weight excluding hydrogens is 928 g/mol. The molecular formula is C54H63ClN6O8S. The van der Waals surface area contributed by atoms with Gasteiger partial charge in [0.1, 0.15) is 43.4 Å². The maximum Gasteiger partial charge on any atom is 0.248 e. The van der Waals surface area contributed by atoms with E-state index in [0.29, 0.717) is 51.6 Å². The number of aliphatic hydroxyl groups is 1. The molecule has 7 rings (SSSR count). The topological polar surface area (TPSA) is 174 Å². The quantitative estimate of drug-likeness (QED) is 0.0512. The summed E-state index contributed by atoms with van der Waals surface area (Å²) < 4.78 is 11.7. The van der Waals surface area contributed by atoms with Crippen LogP contribution in [0.5, 0.6) is 11.5 Å². The number of aliphatic hydroxyl groups excluding tert-OH is 1. The molecule has 16 heteroatoms. The SMILES string of the molecule is Cc1ncsc1-c1ccc(CNC(=O)[C@@H]2C[C@@H](O)CN2C(=O)[C@@H](NC(=O)COCC(=O)N2CCN(CCOc3ccc(C(=C(CCCl)c4ccccc4)c4ccc(O)cc4)cc3)CC2)C(C)(C)C)cc1. The van der Waals surface area contributed by atoms with E-state index in [1.807, 2.05) is 112 Å². The normalized spacial score (nSPS) is 17.2. The van der Waals surface area contributed by atoms with E-state index in [2.05, 4.69) is 32.7 Å². The fourth-order valence-electron chi connectivity index (χ4n) is 8.83. The van der Waals surface area contributed by atoms with Gasteiger partial charge in [-0.15, -0.1) is 22.9 Å². The van der Waals surface area contributed by atoms with Crippen molar-refractivity contribution in [2.24, 2.45) is 5.41 Å². The summed E-state index contributed by atoms with van der Waals surface area (Å²) in [5, 5.41) is 26.3. The Hall–Kier alpha value is -6.10. The van der Waals surface area contributed by atoms with Gasteiger partial charge in [0.25, 0.3) is 0 Å². The summed E-state index contributed by atoms with van der Waals surface area (Å²) in [5.74, 6) is -0.294. The van der Waals surface area contributed by atoms with Gasteiger partial charge >= 0.3 is 0 Å². The number of hydrogen-bond donors (Lipinski definition) is 4. The maximum absolute atomic E-state index is 14.1. The Morgan fingerprint density at radius 2 is 1.54 bits per heavy atom. The van der Waals surface area contributed by atoms with Crippen molar-refractivity contribution in [1.29, 1.82) is 0 Å². The average molecular weight is 992 g/mol. The molecule has 4 aromatic carbocycles. The third-order valence-corrected chi connectivity index (χ3v) is 13.8. The molecule has 5 aromatic rings. The van der Waals surface area contributed by atoms with Gasteiger partial charge in [0.2, 0.25) is 23.6 Å². The highest BCUT2D eigenvalue weighted by Gasteiger charge is 2.44. The lowest BCUT2D eigenvalue weighted by molar-refractivity contribution is -0.145. The van der Waals surface area contributed by atoms with Crippen LogP contribution in [0.2, 0.25) is 0 Å². The number of amides is 4. The van der Waals surface area contributed by atoms with Crippen LogP contribution in [0.15, 0.2) is 109 Å². The van der Waals surface area contributed by atoms with Crippen molar-refractivity contribution in [3.63, 3.8) is 0 Å². The number of rotatable bonds is 19. The monoisotopic (exact) mass is 990 g/mol. The Morgan fingerprint density at radius 3 is 2.17 bits per heavy atom. The van der Waals surface area contributed by atoms with Gasteiger partial charge in [-0.25, -0.2) is 4.98 Å². The first-order valence-electron chi connectivity index (χ1n) is 23.7. The predicted molar refractivity (Wildman–Crippen MR) is 273 cm³/mol. The maximum atomic E-state index is 14.1. The first-order valence-corrected chi connectivity index (χ1v) is 25.1. The molecule has 0 unspecified atom stereocenters. The number of thiazole rings is 1. The lowest BCUT2D eigenvalue weighted by atomic mass is 9.85. The fourth-order valence-corrected chi connectivity index (χ4v) is 9.83. The highest BCUT2D eigenvalue weighted by molar-refractivity contribution is 7.13. The van der Waals surface area contributed by atoms with Gasteiger partial charge in [0.05, 0.1) is 22.2 Å². The summed E-state index contributed by atoms with van der Waals surface area (Å²) >= 11 is 7.89. The smallest absolute Gasteiger partial charge is 0.248 e. The number of likely N-dealkylation sites (tertiary alicyclic amines) is 1. The number of ether oxygens (including phenoxy) is 2. The Labute approximate surface area is 419 Å². The van der Waals surface area contributed by atoms with Crippen molar-refractivity contribution in [3.8, 4) is 21.9 Å². The third kappa shape index (κ3) is 13.6. The molecule has 14 nitrogen and oxygen atoms in total. The summed E-state index contributed by atoms with van der Waals surface area (Å²) in [7, 11) is 0. The van der Waals surface area contributed by atoms with Gasteiger partial charge in [-0.3, -0.25) is 24.1 Å². The number of piperazine rings is 1. The van der Waals surface area contributed by atoms with Crippen LogP contribution in [-0.4, -0.2) is 137 Å². The van der Waals surface area contributed by atoms with Crippen molar-refractivity contribution in [1.82, 2.24) is 30.3 Å². The summed E-state index contributed by atoms with van der Waals surface area (Å²) in [6.45, 7) is 10.3. The lowest BCUT2D eigenvalue weighted by Gasteiger charge is -2.35. The number of carbonyl (C=O) groups is 4. The highest BCUT2D eigenvalue weighted by Crippen LogP contribution is 2.36. The summed E-state index contributed by atoms with van der Waals surface area (Å²) in [6, 6.07) is 31.3. The molecule has 2 saturated heterocycles. The number of β-amino-alcohol motifs (C(OH)–C–C–N with tert-alkyl or cyclic N) is 1. The van der Waals surface area contributed by atoms with Crippen LogP contribution in [0.4, 0.5) is 0 Å². The van der Waals surface area contributed by atoms with Crippen LogP contribution in [-0.2, 0) is 30.5 Å². The van der Waals surface area contributed by atoms with Crippen LogP contribution in [0.3, 0.4) is 0 Å². The zero-order valence-electron chi connectivity index (χ0n) is 40.2. The van der Waals surface area contributed by atoms with E-state index in [9.17, 15) is 29.4 Å². The molecule has 70 heavy (non-hydrogen) atoms. The number of nitrogens with zero attached hydrogens (tertiary/aromatic N) is 4. The highest BCUT2D eigenvalue weighted by atomic mass is 35.5. The molecule has 0 radical (unpaired) electrons. The predicted octanol–water partition coefficient (Wildman–Crippen LogP) is 6.76. The molecule has 3 heterocycles. The van der Waals surface area contributed by atoms with E-state index >= 15 is 0 Å². The number of phenols is 1. The molecule has 0 saturated carbocycles. The van der Waals surface area contributed by atoms with Gasteiger partial charge in [-0.05, 0) is 82.0 Å². The van der Waals surface area contributed by atoms with Gasteiger partial charge in [0, 0.05) is 58.1 Å². The molecule has 0 bridgehead atoms. The number of benzene rings is 4. The number of phenolic OH excluding ortho intramolecular Hbond substituents is 1. The largest absolute Gasteiger partial charge is 0.508 e. The third-order valence-electron chi connectivity index (χ3n) is 12.6. The number of aromatic nitrogens is 1. The van der Waals surface area contributed by atoms with E-state index in [0.717, 1.165) is 55.3 Å². The number of carbonyl (C=O) groups excluding carboxylic acids is 4. The van der Waals surface area contributed by atoms with E-state index in [1.54, 1.807) is 28.4 Å². The van der Waals surface area contributed by atoms with E-state index < -0.39 is 47.9 Å². The summed E-state index contributed by atoms with van der Waals surface area (Å²) in [5.41, 5.74) is 9.14. The summed E-state index contributed by atoms with van der Waals surface area (Å²) in [6.07, 6.45) is -0.163. The number of aryl methyl sites for hydroxylation is 1. The number of halogens is 1. The molecule has 4 amide bonds. The van der Waals surface area contributed by atoms with E-state index in [-0.39, 0.29) is 37.8 Å². The summed E-state index contributed by atoms with van der Waals surface area (Å²) in [4.78, 5) is 64.5. The molecule has 2 aliphatic rings. The van der Waals surface area contributed by atoms with Crippen molar-refractivity contribution in [3.05, 3.63) is 137 Å². The van der Waals surface area contributed by atoms with Crippen LogP contribution < -0.4 is 15.4 Å². The molecule has 4 N–H and O–H groups in total. The molecule has 0 aliphatic carbocycles. The van der Waals surface area contributed by atoms with E-state index in [1.165, 1.54) is 4.90 Å². The molecule has 1 aromatic heterocycles. The van der Waals surface area contributed by atoms with E-state index in [4.69, 9.17) is 21.1 Å². The Bertz CT molecular complexity index is 2580. The number of aromatic hydroxyl groups is 1. The Balaban J connectivity index is 0.839. The van der Waals surface area contributed by atoms with Crippen molar-refractivity contribution in [2.45, 2.75) is 65.3 Å². The van der Waals surface area contributed by atoms with Crippen LogP contribution in [0.1, 0.15) is 61.6 Å². The first-order chi connectivity index (χ1) is 33.7. The molecule has 3 atom stereocenters. The zero-order valence-corrected chi connectivity index (χ0v) is 41.8. The van der Waals surface area contributed by atoms with Gasteiger partial charge in [-0.1, -0.05) is 99.6 Å². The second-order valence-corrected chi connectivity index (χ2v) is 20.0. The minimum atomic E-state index is -1.03. The first kappa shape index (κ1) is 51.7. The van der Waals surface area contributed by atoms with Crippen molar-refractivity contribution >= 4 is 57.7 Å². The Morgan fingerprint density at radius 1 is 0.871 bits per heavy atom. The number of allylic oxidation sites excluding steroid dienone is 1. The van der Waals surface area contributed by atoms with Gasteiger partial charge in [0.15, 0.2) is 0 Å². The molecule has 2 fully saturated rings. The zero-order chi connectivity index (χ0) is 49.8. The van der Waals surface area contributed by atoms with Crippen LogP contribution in [0.25, 0.3) is 21.6 Å². The van der Waals surface area contributed by atoms with Gasteiger partial charge < -0.3 is 40.1 Å². The second kappa shape index (κ2) is 24.1. The minimum absolute atomic E-state index is 0.0451. The van der Waals surface area contributed by atoms with Crippen LogP contribution >= 0.6 is 22.9 Å². The average Bonchev–Trinajstić information content (AvgIpc) is 3.98. The lowest BCUT2D eigenvalue weighted by Crippen LogP contribution is -2.58. The molecule has 2 aliphatic heterocycles. The number of hydrogen-bond acceptors (Lipinski definition) is 11. The standard InChI is InChI=1S/C54H63ClN6O8S/c1-36-50(70-35-57-36)41-12-10-37(11-13-41)31-56-52(66)46-30-43(63)32-61(46)53(67)51(54(2,3)4)58-47(64)33-68-34-48(65)60-26-24-59(25-27-60)28-29-69-44-20-16-40(17-21-44)49(39-14-18-42(62)19-15-39)45(22-23-55)38-8-6-5-7-9-38/h5-21,35,43,46,51,62-63H,22-34H2,1-4H3,(H,56,66)(H,58,64)/t43-,46+,51-/m1/s1. The van der Waals surface area contributed by atoms with Gasteiger partial charge in [-0.2, -0.15) is 0 Å². The fraction of sp³-hybridized carbons (Fsp3) is 0.389. The van der Waals surface area contributed by atoms with Crippen LogP contribution in [0, 0.1) is 12.3 Å². The second-order valence-electron chi connectivity index (χ2n) is 18.7. The minimum Gasteiger partial charge on any atom is -0.508 e. The number of alkyl halides is 1. The molecule has 370 valence electrons. The van der Waals surface area contributed by atoms with Crippen molar-refractivity contribution in [2.75, 3.05) is 65.0 Å². The molecule has 0 spiro atoms. The Kier molecular flexibility index (Phi) is 17.9. The number of nitrogens with one attached hydrogen (secondary N) is 2.